The Labute approximate surface area is 94.6 Å². The van der Waals surface area contributed by atoms with Crippen molar-refractivity contribution in [1.29, 1.82) is 0 Å². The third-order valence-corrected chi connectivity index (χ3v) is 2.14. The number of hydrogen-bond acceptors (Lipinski definition) is 3. The van der Waals surface area contributed by atoms with Gasteiger partial charge in [0.2, 0.25) is 0 Å². The molecule has 0 aliphatic rings. The molecule has 0 saturated carbocycles. The SMILES string of the molecule is COc1ccc(-c2cn(C(F)(F)F)nn2)cc1. The van der Waals surface area contributed by atoms with Crippen molar-refractivity contribution in [3.63, 3.8) is 0 Å². The van der Waals surface area contributed by atoms with Gasteiger partial charge in [0, 0.05) is 5.56 Å². The summed E-state index contributed by atoms with van der Waals surface area (Å²) in [6, 6.07) is 6.51. The first-order chi connectivity index (χ1) is 8.00. The zero-order valence-corrected chi connectivity index (χ0v) is 8.77. The summed E-state index contributed by atoms with van der Waals surface area (Å²) in [5, 5.41) is 6.48. The molecular weight excluding hydrogens is 235 g/mol. The molecule has 1 heterocycles. The molecule has 1 aromatic heterocycles. The first-order valence-electron chi connectivity index (χ1n) is 4.64. The van der Waals surface area contributed by atoms with Crippen molar-refractivity contribution in [2.45, 2.75) is 6.30 Å². The van der Waals surface area contributed by atoms with Crippen molar-refractivity contribution >= 4 is 0 Å². The van der Waals surface area contributed by atoms with Gasteiger partial charge in [0.15, 0.2) is 0 Å². The van der Waals surface area contributed by atoms with E-state index in [0.717, 1.165) is 6.20 Å². The molecule has 1 aromatic carbocycles. The molecular formula is C10H8F3N3O. The Bertz CT molecular complexity index is 504. The number of hydrogen-bond donors (Lipinski definition) is 0. The van der Waals surface area contributed by atoms with Crippen molar-refractivity contribution in [2.75, 3.05) is 7.11 Å². The normalized spacial score (nSPS) is 11.5. The Morgan fingerprint density at radius 3 is 2.29 bits per heavy atom. The second kappa shape index (κ2) is 4.08. The summed E-state index contributed by atoms with van der Waals surface area (Å²) in [6.45, 7) is 0. The number of ether oxygens (including phenoxy) is 1. The smallest absolute Gasteiger partial charge is 0.497 e. The molecule has 17 heavy (non-hydrogen) atoms. The predicted octanol–water partition coefficient (Wildman–Crippen LogP) is 2.43. The average molecular weight is 243 g/mol. The van der Waals surface area contributed by atoms with E-state index in [0.29, 0.717) is 11.3 Å². The van der Waals surface area contributed by atoms with Gasteiger partial charge in [-0.05, 0) is 24.3 Å². The average Bonchev–Trinajstić information content (AvgIpc) is 2.78. The fourth-order valence-corrected chi connectivity index (χ4v) is 1.28. The van der Waals surface area contributed by atoms with Crippen molar-refractivity contribution in [1.82, 2.24) is 15.0 Å². The van der Waals surface area contributed by atoms with Gasteiger partial charge in [-0.25, -0.2) is 0 Å². The first-order valence-corrected chi connectivity index (χ1v) is 4.64. The van der Waals surface area contributed by atoms with Gasteiger partial charge in [-0.3, -0.25) is 0 Å². The number of halogens is 3. The van der Waals surface area contributed by atoms with Crippen LogP contribution in [0, 0.1) is 0 Å². The highest BCUT2D eigenvalue weighted by atomic mass is 19.4. The highest BCUT2D eigenvalue weighted by Crippen LogP contribution is 2.24. The van der Waals surface area contributed by atoms with Gasteiger partial charge in [0.25, 0.3) is 0 Å². The second-order valence-electron chi connectivity index (χ2n) is 3.24. The van der Waals surface area contributed by atoms with Crippen molar-refractivity contribution < 1.29 is 17.9 Å². The standard InChI is InChI=1S/C10H8F3N3O/c1-17-8-4-2-7(3-5-8)9-6-16(15-14-9)10(11,12)13/h2-6H,1H3. The molecule has 0 atom stereocenters. The lowest BCUT2D eigenvalue weighted by Crippen LogP contribution is -2.17. The van der Waals surface area contributed by atoms with Crippen LogP contribution in [0.1, 0.15) is 0 Å². The van der Waals surface area contributed by atoms with Gasteiger partial charge >= 0.3 is 6.30 Å². The van der Waals surface area contributed by atoms with E-state index in [-0.39, 0.29) is 10.4 Å². The lowest BCUT2D eigenvalue weighted by Gasteiger charge is -2.02. The van der Waals surface area contributed by atoms with E-state index in [4.69, 9.17) is 4.74 Å². The maximum atomic E-state index is 12.3. The molecule has 0 radical (unpaired) electrons. The highest BCUT2D eigenvalue weighted by Gasteiger charge is 2.32. The summed E-state index contributed by atoms with van der Waals surface area (Å²) in [6.07, 6.45) is -3.71. The number of aromatic nitrogens is 3. The molecule has 0 amide bonds. The molecule has 0 saturated heterocycles. The van der Waals surface area contributed by atoms with Gasteiger partial charge in [-0.1, -0.05) is 5.21 Å². The van der Waals surface area contributed by atoms with E-state index in [2.05, 4.69) is 10.3 Å². The van der Waals surface area contributed by atoms with Crippen LogP contribution in [0.5, 0.6) is 5.75 Å². The molecule has 0 bridgehead atoms. The van der Waals surface area contributed by atoms with Crippen LogP contribution >= 0.6 is 0 Å². The van der Waals surface area contributed by atoms with Gasteiger partial charge in [0.1, 0.15) is 11.4 Å². The van der Waals surface area contributed by atoms with Crippen molar-refractivity contribution in [3.8, 4) is 17.0 Å². The summed E-state index contributed by atoms with van der Waals surface area (Å²) in [5.41, 5.74) is 0.700. The number of methoxy groups -OCH3 is 1. The molecule has 0 aliphatic heterocycles. The lowest BCUT2D eigenvalue weighted by atomic mass is 10.2. The van der Waals surface area contributed by atoms with Crippen LogP contribution in [0.2, 0.25) is 0 Å². The summed E-state index contributed by atoms with van der Waals surface area (Å²) in [7, 11) is 1.51. The first kappa shape index (κ1) is 11.4. The van der Waals surface area contributed by atoms with Crippen LogP contribution in [0.3, 0.4) is 0 Å². The number of rotatable bonds is 2. The molecule has 0 spiro atoms. The Kier molecular flexibility index (Phi) is 2.74. The zero-order valence-electron chi connectivity index (χ0n) is 8.77. The number of benzene rings is 1. The summed E-state index contributed by atoms with van der Waals surface area (Å²) < 4.78 is 41.6. The maximum Gasteiger partial charge on any atom is 0.505 e. The third-order valence-electron chi connectivity index (χ3n) is 2.14. The molecule has 0 N–H and O–H groups in total. The monoisotopic (exact) mass is 243 g/mol. The summed E-state index contributed by atoms with van der Waals surface area (Å²) in [4.78, 5) is 0. The molecule has 0 unspecified atom stereocenters. The van der Waals surface area contributed by atoms with E-state index in [1.54, 1.807) is 24.3 Å². The van der Waals surface area contributed by atoms with Crippen LogP contribution < -0.4 is 4.74 Å². The zero-order chi connectivity index (χ0) is 12.5. The minimum atomic E-state index is -4.54. The lowest BCUT2D eigenvalue weighted by molar-refractivity contribution is -0.213. The van der Waals surface area contributed by atoms with Crippen LogP contribution in [0.15, 0.2) is 30.5 Å². The van der Waals surface area contributed by atoms with Gasteiger partial charge < -0.3 is 4.74 Å². The molecule has 2 rings (SSSR count). The topological polar surface area (TPSA) is 39.9 Å². The van der Waals surface area contributed by atoms with E-state index in [1.807, 2.05) is 0 Å². The van der Waals surface area contributed by atoms with Gasteiger partial charge in [0.05, 0.1) is 13.3 Å². The van der Waals surface area contributed by atoms with E-state index >= 15 is 0 Å². The Morgan fingerprint density at radius 1 is 1.18 bits per heavy atom. The van der Waals surface area contributed by atoms with E-state index in [9.17, 15) is 13.2 Å². The van der Waals surface area contributed by atoms with Crippen molar-refractivity contribution in [2.24, 2.45) is 0 Å². The predicted molar refractivity (Wildman–Crippen MR) is 53.3 cm³/mol. The maximum absolute atomic E-state index is 12.3. The molecule has 2 aromatic rings. The van der Waals surface area contributed by atoms with Gasteiger partial charge in [-0.2, -0.15) is 4.68 Å². The van der Waals surface area contributed by atoms with Crippen LogP contribution in [0.4, 0.5) is 13.2 Å². The molecule has 7 heteroatoms. The minimum Gasteiger partial charge on any atom is -0.497 e. The Morgan fingerprint density at radius 2 is 1.82 bits per heavy atom. The fraction of sp³-hybridized carbons (Fsp3) is 0.200. The van der Waals surface area contributed by atoms with Crippen LogP contribution in [-0.4, -0.2) is 22.1 Å². The minimum absolute atomic E-state index is 0.132. The highest BCUT2D eigenvalue weighted by molar-refractivity contribution is 5.58. The van der Waals surface area contributed by atoms with Gasteiger partial charge in [-0.15, -0.1) is 18.3 Å². The van der Waals surface area contributed by atoms with Crippen molar-refractivity contribution in [3.05, 3.63) is 30.5 Å². The molecule has 4 nitrogen and oxygen atoms in total. The second-order valence-corrected chi connectivity index (χ2v) is 3.24. The molecule has 90 valence electrons. The largest absolute Gasteiger partial charge is 0.505 e. The Balaban J connectivity index is 2.30. The van der Waals surface area contributed by atoms with E-state index in [1.165, 1.54) is 7.11 Å². The number of nitrogens with zero attached hydrogens (tertiary/aromatic N) is 3. The molecule has 0 aliphatic carbocycles. The summed E-state index contributed by atoms with van der Waals surface area (Å²) in [5.74, 6) is 0.622. The fourth-order valence-electron chi connectivity index (χ4n) is 1.28. The summed E-state index contributed by atoms with van der Waals surface area (Å²) >= 11 is 0. The van der Waals surface area contributed by atoms with E-state index < -0.39 is 6.30 Å². The molecule has 0 fully saturated rings. The third kappa shape index (κ3) is 2.38. The quantitative estimate of drug-likeness (QED) is 0.813. The Hall–Kier alpha value is -2.05. The number of alkyl halides is 3. The van der Waals surface area contributed by atoms with Crippen LogP contribution in [0.25, 0.3) is 11.3 Å². The van der Waals surface area contributed by atoms with Crippen LogP contribution in [-0.2, 0) is 6.30 Å².